The molecular weight excluding hydrogens is 657 g/mol. The van der Waals surface area contributed by atoms with E-state index < -0.39 is 5.41 Å². The zero-order valence-corrected chi connectivity index (χ0v) is 33.2. The fraction of sp³-hybridized carbons (Fsp3) is 0.333. The molecule has 4 heterocycles. The second-order valence-electron chi connectivity index (χ2n) is 18.6. The summed E-state index contributed by atoms with van der Waals surface area (Å²) < 4.78 is 6.90. The summed E-state index contributed by atoms with van der Waals surface area (Å²) in [6, 6.07) is 45.3. The van der Waals surface area contributed by atoms with Crippen LogP contribution in [0.15, 0.2) is 121 Å². The van der Waals surface area contributed by atoms with Crippen LogP contribution in [0.5, 0.6) is 11.5 Å². The zero-order valence-electron chi connectivity index (χ0n) is 33.2. The Balaban J connectivity index is 1.45. The highest BCUT2D eigenvalue weighted by Crippen LogP contribution is 2.57. The number of ether oxygens (including phenoxy) is 1. The quantitative estimate of drug-likeness (QED) is 0.157. The molecule has 9 rings (SSSR count). The molecule has 6 aromatic rings. The predicted molar refractivity (Wildman–Crippen MR) is 222 cm³/mol. The molecule has 54 heavy (non-hydrogen) atoms. The zero-order chi connectivity index (χ0) is 37.7. The standard InChI is InChI=1S/C51H52N2O/c1-47(2,3)35-23-25-43-39(31-35)51(40-32-36(48(4,5)6)24-26-44(40)54-43)45-21-13-19-41(52-45)33-15-11-17-37(29-33)49(7)27-9-10-28-50(49,8)38-18-12-16-34(30-38)42-20-14-22-46(51)53-42/h11-26,29-32H,9-10,27-28H2,1-8H3. The SMILES string of the molecule is CC(C)(C)c1ccc2c(c1)C1(c3cccc(n3)-c3cccc(c3)C3(C)CCCCC3(C)c3cccc(c3)-c3cccc1n3)c1cc(C(C)(C)C)ccc1O2. The summed E-state index contributed by atoms with van der Waals surface area (Å²) in [6.07, 6.45) is 4.73. The van der Waals surface area contributed by atoms with E-state index in [1.165, 1.54) is 35.1 Å². The van der Waals surface area contributed by atoms with Gasteiger partial charge in [-0.2, -0.15) is 0 Å². The van der Waals surface area contributed by atoms with Crippen LogP contribution in [0, 0.1) is 0 Å². The minimum absolute atomic E-state index is 0.0561. The fourth-order valence-electron chi connectivity index (χ4n) is 9.79. The van der Waals surface area contributed by atoms with Gasteiger partial charge in [-0.25, -0.2) is 0 Å². The first-order valence-corrected chi connectivity index (χ1v) is 19.9. The molecular formula is C51H52N2O. The molecule has 2 atom stereocenters. The maximum absolute atomic E-state index is 6.90. The molecule has 1 saturated carbocycles. The molecule has 1 fully saturated rings. The molecule has 272 valence electrons. The first-order valence-electron chi connectivity index (χ1n) is 19.9. The van der Waals surface area contributed by atoms with E-state index in [2.05, 4.69) is 177 Å². The maximum Gasteiger partial charge on any atom is 0.132 e. The van der Waals surface area contributed by atoms with E-state index in [9.17, 15) is 0 Å². The number of pyridine rings is 2. The Bertz CT molecular complexity index is 2270. The van der Waals surface area contributed by atoms with Gasteiger partial charge in [0, 0.05) is 33.1 Å². The lowest BCUT2D eigenvalue weighted by molar-refractivity contribution is 0.171. The van der Waals surface area contributed by atoms with E-state index in [0.29, 0.717) is 0 Å². The molecule has 8 bridgehead atoms. The van der Waals surface area contributed by atoms with Gasteiger partial charge in [-0.15, -0.1) is 0 Å². The lowest BCUT2D eigenvalue weighted by Gasteiger charge is -2.51. The van der Waals surface area contributed by atoms with E-state index in [-0.39, 0.29) is 21.7 Å². The summed E-state index contributed by atoms with van der Waals surface area (Å²) >= 11 is 0. The van der Waals surface area contributed by atoms with Crippen molar-refractivity contribution >= 4 is 0 Å². The molecule has 1 aliphatic carbocycles. The van der Waals surface area contributed by atoms with Crippen molar-refractivity contribution in [3.05, 3.63) is 166 Å². The number of aromatic nitrogens is 2. The molecule has 2 unspecified atom stereocenters. The van der Waals surface area contributed by atoms with Crippen molar-refractivity contribution in [1.29, 1.82) is 0 Å². The van der Waals surface area contributed by atoms with Crippen LogP contribution in [-0.4, -0.2) is 9.97 Å². The largest absolute Gasteiger partial charge is 0.457 e. The Labute approximate surface area is 321 Å². The van der Waals surface area contributed by atoms with Gasteiger partial charge in [0.15, 0.2) is 0 Å². The molecule has 0 radical (unpaired) electrons. The average molecular weight is 709 g/mol. The molecule has 3 heteroatoms. The highest BCUT2D eigenvalue weighted by Gasteiger charge is 2.50. The molecule has 0 amide bonds. The monoisotopic (exact) mass is 708 g/mol. The van der Waals surface area contributed by atoms with Gasteiger partial charge in [-0.3, -0.25) is 9.97 Å². The smallest absolute Gasteiger partial charge is 0.132 e. The van der Waals surface area contributed by atoms with Crippen molar-refractivity contribution < 1.29 is 4.74 Å². The van der Waals surface area contributed by atoms with Gasteiger partial charge < -0.3 is 4.74 Å². The van der Waals surface area contributed by atoms with Crippen LogP contribution in [0.4, 0.5) is 0 Å². The highest BCUT2D eigenvalue weighted by atomic mass is 16.5. The average Bonchev–Trinajstić information content (AvgIpc) is 3.17. The summed E-state index contributed by atoms with van der Waals surface area (Å²) in [5.74, 6) is 1.68. The molecule has 3 nitrogen and oxygen atoms in total. The Morgan fingerprint density at radius 1 is 0.500 bits per heavy atom. The van der Waals surface area contributed by atoms with Gasteiger partial charge >= 0.3 is 0 Å². The topological polar surface area (TPSA) is 35.0 Å². The fourth-order valence-corrected chi connectivity index (χ4v) is 9.79. The molecule has 2 aromatic heterocycles. The van der Waals surface area contributed by atoms with Crippen LogP contribution in [-0.2, 0) is 27.1 Å². The Kier molecular flexibility index (Phi) is 7.71. The minimum Gasteiger partial charge on any atom is -0.457 e. The third-order valence-electron chi connectivity index (χ3n) is 13.4. The molecule has 1 spiro atoms. The summed E-state index contributed by atoms with van der Waals surface area (Å²) in [7, 11) is 0. The van der Waals surface area contributed by atoms with Gasteiger partial charge in [0.05, 0.1) is 22.8 Å². The summed E-state index contributed by atoms with van der Waals surface area (Å²) in [5, 5.41) is 0. The maximum atomic E-state index is 6.90. The van der Waals surface area contributed by atoms with E-state index in [4.69, 9.17) is 14.7 Å². The lowest BCUT2D eigenvalue weighted by Crippen LogP contribution is -2.47. The molecule has 3 aliphatic rings. The molecule has 0 N–H and O–H groups in total. The summed E-state index contributed by atoms with van der Waals surface area (Å²) in [5.41, 5.74) is 12.3. The number of nitrogens with zero attached hydrogens (tertiary/aromatic N) is 2. The van der Waals surface area contributed by atoms with Crippen LogP contribution in [0.25, 0.3) is 22.5 Å². The first-order chi connectivity index (χ1) is 25.7. The van der Waals surface area contributed by atoms with Gasteiger partial charge in [0.2, 0.25) is 0 Å². The summed E-state index contributed by atoms with van der Waals surface area (Å²) in [6.45, 7) is 18.7. The van der Waals surface area contributed by atoms with Gasteiger partial charge in [0.1, 0.15) is 16.9 Å². The number of rotatable bonds is 0. The Morgan fingerprint density at radius 3 is 1.35 bits per heavy atom. The van der Waals surface area contributed by atoms with E-state index in [1.807, 2.05) is 0 Å². The summed E-state index contributed by atoms with van der Waals surface area (Å²) in [4.78, 5) is 11.5. The third-order valence-corrected chi connectivity index (χ3v) is 13.4. The van der Waals surface area contributed by atoms with Crippen molar-refractivity contribution in [2.75, 3.05) is 0 Å². The van der Waals surface area contributed by atoms with Crippen LogP contribution in [0.1, 0.15) is 126 Å². The Hall–Kier alpha value is -5.02. The van der Waals surface area contributed by atoms with Crippen molar-refractivity contribution in [1.82, 2.24) is 9.97 Å². The van der Waals surface area contributed by atoms with Crippen LogP contribution >= 0.6 is 0 Å². The number of fused-ring (bicyclic) bond motifs is 19. The third kappa shape index (κ3) is 5.14. The molecule has 0 saturated heterocycles. The second kappa shape index (κ2) is 12.0. The first kappa shape index (κ1) is 34.7. The van der Waals surface area contributed by atoms with Crippen molar-refractivity contribution in [3.8, 4) is 34.0 Å². The predicted octanol–water partition coefficient (Wildman–Crippen LogP) is 13.0. The number of hydrogen-bond acceptors (Lipinski definition) is 3. The van der Waals surface area contributed by atoms with Crippen LogP contribution in [0.3, 0.4) is 0 Å². The van der Waals surface area contributed by atoms with E-state index in [1.54, 1.807) is 0 Å². The Morgan fingerprint density at radius 2 is 0.926 bits per heavy atom. The highest BCUT2D eigenvalue weighted by molar-refractivity contribution is 5.72. The van der Waals surface area contributed by atoms with Crippen molar-refractivity contribution in [3.63, 3.8) is 0 Å². The van der Waals surface area contributed by atoms with Crippen molar-refractivity contribution in [2.45, 2.75) is 108 Å². The van der Waals surface area contributed by atoms with Gasteiger partial charge in [0.25, 0.3) is 0 Å². The normalized spacial score (nSPS) is 21.1. The van der Waals surface area contributed by atoms with Gasteiger partial charge in [-0.05, 0) is 107 Å². The van der Waals surface area contributed by atoms with Crippen LogP contribution < -0.4 is 4.74 Å². The molecule has 4 aromatic carbocycles. The number of benzene rings is 4. The van der Waals surface area contributed by atoms with E-state index >= 15 is 0 Å². The second-order valence-corrected chi connectivity index (χ2v) is 18.6. The minimum atomic E-state index is -0.876. The van der Waals surface area contributed by atoms with Crippen LogP contribution in [0.2, 0.25) is 0 Å². The molecule has 2 aliphatic heterocycles. The number of hydrogen-bond donors (Lipinski definition) is 0. The van der Waals surface area contributed by atoms with Gasteiger partial charge in [-0.1, -0.05) is 129 Å². The lowest BCUT2D eigenvalue weighted by atomic mass is 9.52. The van der Waals surface area contributed by atoms with E-state index in [0.717, 1.165) is 69.4 Å². The van der Waals surface area contributed by atoms with Crippen molar-refractivity contribution in [2.24, 2.45) is 0 Å².